The first-order valence-electron chi connectivity index (χ1n) is 6.67. The topological polar surface area (TPSA) is 21.3 Å². The summed E-state index contributed by atoms with van der Waals surface area (Å²) in [7, 11) is 0. The molecule has 0 aliphatic heterocycles. The van der Waals surface area contributed by atoms with Gasteiger partial charge in [0.25, 0.3) is 0 Å². The van der Waals surface area contributed by atoms with E-state index in [0.717, 1.165) is 27.2 Å². The van der Waals surface area contributed by atoms with E-state index in [1.165, 1.54) is 12.8 Å². The number of hydrogen-bond donors (Lipinski definition) is 1. The standard InChI is InChI=1S/C16H15ClINO/c17-13-5-3-4-11(10-19-12-8-9-12)16(13)20-15-7-2-1-6-14(15)18/h1-7,12,19H,8-10H2. The summed E-state index contributed by atoms with van der Waals surface area (Å²) in [5, 5.41) is 4.15. The molecule has 0 spiro atoms. The smallest absolute Gasteiger partial charge is 0.150 e. The number of rotatable bonds is 5. The van der Waals surface area contributed by atoms with E-state index in [0.29, 0.717) is 11.1 Å². The highest BCUT2D eigenvalue weighted by atomic mass is 127. The maximum Gasteiger partial charge on any atom is 0.150 e. The molecule has 104 valence electrons. The van der Waals surface area contributed by atoms with Crippen LogP contribution < -0.4 is 10.1 Å². The van der Waals surface area contributed by atoms with E-state index in [-0.39, 0.29) is 0 Å². The molecule has 0 saturated heterocycles. The quantitative estimate of drug-likeness (QED) is 0.715. The zero-order valence-corrected chi connectivity index (χ0v) is 13.8. The number of hydrogen-bond acceptors (Lipinski definition) is 2. The van der Waals surface area contributed by atoms with Crippen molar-refractivity contribution >= 4 is 34.2 Å². The summed E-state index contributed by atoms with van der Waals surface area (Å²) in [5.74, 6) is 1.60. The Balaban J connectivity index is 1.85. The average Bonchev–Trinajstić information content (AvgIpc) is 3.26. The van der Waals surface area contributed by atoms with Crippen LogP contribution in [-0.2, 0) is 6.54 Å². The Labute approximate surface area is 137 Å². The number of benzene rings is 2. The molecule has 0 heterocycles. The fraction of sp³-hybridized carbons (Fsp3) is 0.250. The third-order valence-corrected chi connectivity index (χ3v) is 4.44. The van der Waals surface area contributed by atoms with E-state index in [9.17, 15) is 0 Å². The van der Waals surface area contributed by atoms with Crippen LogP contribution in [0, 0.1) is 3.57 Å². The van der Waals surface area contributed by atoms with Crippen LogP contribution in [-0.4, -0.2) is 6.04 Å². The van der Waals surface area contributed by atoms with Crippen LogP contribution >= 0.6 is 34.2 Å². The zero-order chi connectivity index (χ0) is 13.9. The van der Waals surface area contributed by atoms with E-state index in [2.05, 4.69) is 34.0 Å². The molecule has 1 saturated carbocycles. The number of para-hydroxylation sites is 2. The highest BCUT2D eigenvalue weighted by molar-refractivity contribution is 14.1. The van der Waals surface area contributed by atoms with Crippen LogP contribution in [0.1, 0.15) is 18.4 Å². The average molecular weight is 400 g/mol. The van der Waals surface area contributed by atoms with Gasteiger partial charge in [-0.05, 0) is 53.6 Å². The van der Waals surface area contributed by atoms with Crippen LogP contribution in [0.2, 0.25) is 5.02 Å². The van der Waals surface area contributed by atoms with Crippen molar-refractivity contribution in [1.82, 2.24) is 5.32 Å². The minimum atomic E-state index is 0.653. The molecule has 3 rings (SSSR count). The van der Waals surface area contributed by atoms with Gasteiger partial charge in [0.05, 0.1) is 8.59 Å². The highest BCUT2D eigenvalue weighted by Gasteiger charge is 2.21. The summed E-state index contributed by atoms with van der Waals surface area (Å²) in [6.45, 7) is 0.796. The Morgan fingerprint density at radius 3 is 2.70 bits per heavy atom. The number of halogens is 2. The van der Waals surface area contributed by atoms with E-state index in [1.54, 1.807) is 0 Å². The maximum absolute atomic E-state index is 6.31. The first-order valence-corrected chi connectivity index (χ1v) is 8.13. The largest absolute Gasteiger partial charge is 0.454 e. The van der Waals surface area contributed by atoms with Crippen molar-refractivity contribution in [1.29, 1.82) is 0 Å². The summed E-state index contributed by atoms with van der Waals surface area (Å²) in [6, 6.07) is 14.5. The molecule has 0 amide bonds. The third kappa shape index (κ3) is 3.45. The number of nitrogens with one attached hydrogen (secondary N) is 1. The van der Waals surface area contributed by atoms with Gasteiger partial charge in [-0.1, -0.05) is 35.9 Å². The Hall–Kier alpha value is -0.780. The molecular weight excluding hydrogens is 385 g/mol. The van der Waals surface area contributed by atoms with Gasteiger partial charge in [-0.3, -0.25) is 0 Å². The lowest BCUT2D eigenvalue weighted by Crippen LogP contribution is -2.15. The van der Waals surface area contributed by atoms with Crippen molar-refractivity contribution in [3.05, 3.63) is 56.6 Å². The Bertz CT molecular complexity index is 613. The molecular formula is C16H15ClINO. The SMILES string of the molecule is Clc1cccc(CNC2CC2)c1Oc1ccccc1I. The maximum atomic E-state index is 6.31. The predicted molar refractivity (Wildman–Crippen MR) is 90.5 cm³/mol. The van der Waals surface area contributed by atoms with E-state index in [1.807, 2.05) is 36.4 Å². The third-order valence-electron chi connectivity index (χ3n) is 3.26. The fourth-order valence-electron chi connectivity index (χ4n) is 1.99. The molecule has 20 heavy (non-hydrogen) atoms. The lowest BCUT2D eigenvalue weighted by Gasteiger charge is -2.14. The number of ether oxygens (including phenoxy) is 1. The van der Waals surface area contributed by atoms with Gasteiger partial charge < -0.3 is 10.1 Å². The lowest BCUT2D eigenvalue weighted by atomic mass is 10.2. The summed E-state index contributed by atoms with van der Waals surface area (Å²) >= 11 is 8.58. The summed E-state index contributed by atoms with van der Waals surface area (Å²) < 4.78 is 7.12. The van der Waals surface area contributed by atoms with Crippen molar-refractivity contribution < 1.29 is 4.74 Å². The summed E-state index contributed by atoms with van der Waals surface area (Å²) in [4.78, 5) is 0. The molecule has 0 radical (unpaired) electrons. The van der Waals surface area contributed by atoms with Crippen LogP contribution in [0.4, 0.5) is 0 Å². The minimum Gasteiger partial charge on any atom is -0.454 e. The van der Waals surface area contributed by atoms with Crippen LogP contribution in [0.15, 0.2) is 42.5 Å². The zero-order valence-electron chi connectivity index (χ0n) is 10.9. The summed E-state index contributed by atoms with van der Waals surface area (Å²) in [5.41, 5.74) is 1.10. The molecule has 1 fully saturated rings. The first-order chi connectivity index (χ1) is 9.74. The molecule has 0 unspecified atom stereocenters. The molecule has 1 aliphatic carbocycles. The normalized spacial score (nSPS) is 14.3. The van der Waals surface area contributed by atoms with Crippen molar-refractivity contribution in [2.45, 2.75) is 25.4 Å². The monoisotopic (exact) mass is 399 g/mol. The van der Waals surface area contributed by atoms with Crippen molar-refractivity contribution in [2.24, 2.45) is 0 Å². The Kier molecular flexibility index (Phi) is 4.48. The van der Waals surface area contributed by atoms with Gasteiger partial charge in [0, 0.05) is 18.2 Å². The Morgan fingerprint density at radius 2 is 1.95 bits per heavy atom. The second kappa shape index (κ2) is 6.33. The second-order valence-electron chi connectivity index (χ2n) is 4.92. The first kappa shape index (κ1) is 14.2. The molecule has 2 nitrogen and oxygen atoms in total. The van der Waals surface area contributed by atoms with Gasteiger partial charge in [0.15, 0.2) is 5.75 Å². The van der Waals surface area contributed by atoms with E-state index in [4.69, 9.17) is 16.3 Å². The fourth-order valence-corrected chi connectivity index (χ4v) is 2.72. The molecule has 1 N–H and O–H groups in total. The molecule has 2 aromatic carbocycles. The molecule has 4 heteroatoms. The van der Waals surface area contributed by atoms with Crippen LogP contribution in [0.5, 0.6) is 11.5 Å². The lowest BCUT2D eigenvalue weighted by molar-refractivity contribution is 0.469. The molecule has 1 aliphatic rings. The predicted octanol–water partition coefficient (Wildman–Crippen LogP) is 4.99. The van der Waals surface area contributed by atoms with Crippen molar-refractivity contribution in [3.63, 3.8) is 0 Å². The highest BCUT2D eigenvalue weighted by Crippen LogP contribution is 2.35. The van der Waals surface area contributed by atoms with E-state index >= 15 is 0 Å². The van der Waals surface area contributed by atoms with Gasteiger partial charge in [0.2, 0.25) is 0 Å². The van der Waals surface area contributed by atoms with Gasteiger partial charge in [0.1, 0.15) is 5.75 Å². The molecule has 0 atom stereocenters. The van der Waals surface area contributed by atoms with Gasteiger partial charge in [-0.15, -0.1) is 0 Å². The minimum absolute atomic E-state index is 0.653. The molecule has 0 aromatic heterocycles. The van der Waals surface area contributed by atoms with Gasteiger partial charge in [-0.2, -0.15) is 0 Å². The summed E-state index contributed by atoms with van der Waals surface area (Å²) in [6.07, 6.45) is 2.54. The van der Waals surface area contributed by atoms with Crippen molar-refractivity contribution in [3.8, 4) is 11.5 Å². The van der Waals surface area contributed by atoms with Gasteiger partial charge in [-0.25, -0.2) is 0 Å². The second-order valence-corrected chi connectivity index (χ2v) is 6.49. The van der Waals surface area contributed by atoms with E-state index < -0.39 is 0 Å². The van der Waals surface area contributed by atoms with Crippen molar-refractivity contribution in [2.75, 3.05) is 0 Å². The molecule has 0 bridgehead atoms. The van der Waals surface area contributed by atoms with Crippen LogP contribution in [0.25, 0.3) is 0 Å². The van der Waals surface area contributed by atoms with Crippen LogP contribution in [0.3, 0.4) is 0 Å². The Morgan fingerprint density at radius 1 is 1.15 bits per heavy atom. The van der Waals surface area contributed by atoms with Gasteiger partial charge >= 0.3 is 0 Å². The molecule has 2 aromatic rings.